The Kier molecular flexibility index (Phi) is 6.26. The number of methoxy groups -OCH3 is 1. The summed E-state index contributed by atoms with van der Waals surface area (Å²) in [6.07, 6.45) is 7.32. The molecule has 5 nitrogen and oxygen atoms in total. The van der Waals surface area contributed by atoms with E-state index in [1.54, 1.807) is 18.4 Å². The molecule has 0 radical (unpaired) electrons. The van der Waals surface area contributed by atoms with Gasteiger partial charge in [0.15, 0.2) is 0 Å². The molecule has 0 bridgehead atoms. The highest BCUT2D eigenvalue weighted by Gasteiger charge is 2.17. The van der Waals surface area contributed by atoms with Crippen LogP contribution in [0.3, 0.4) is 0 Å². The van der Waals surface area contributed by atoms with Gasteiger partial charge in [-0.2, -0.15) is 11.3 Å². The van der Waals surface area contributed by atoms with E-state index in [0.29, 0.717) is 0 Å². The summed E-state index contributed by atoms with van der Waals surface area (Å²) >= 11 is 1.71. The number of thiophene rings is 1. The Hall–Kier alpha value is -2.67. The first-order chi connectivity index (χ1) is 15.7. The minimum Gasteiger partial charge on any atom is -0.495 e. The van der Waals surface area contributed by atoms with Gasteiger partial charge in [-0.3, -0.25) is 4.98 Å². The molecular weight excluding hydrogens is 416 g/mol. The fourth-order valence-electron chi connectivity index (χ4n) is 4.61. The van der Waals surface area contributed by atoms with Gasteiger partial charge in [-0.25, -0.2) is 0 Å². The van der Waals surface area contributed by atoms with Crippen molar-refractivity contribution in [3.63, 3.8) is 0 Å². The van der Waals surface area contributed by atoms with Crippen molar-refractivity contribution in [3.8, 4) is 28.0 Å². The second-order valence-electron chi connectivity index (χ2n) is 8.57. The van der Waals surface area contributed by atoms with E-state index in [9.17, 15) is 0 Å². The van der Waals surface area contributed by atoms with E-state index in [1.165, 1.54) is 35.1 Å². The van der Waals surface area contributed by atoms with Gasteiger partial charge < -0.3 is 19.1 Å². The van der Waals surface area contributed by atoms with Crippen LogP contribution in [-0.2, 0) is 6.54 Å². The van der Waals surface area contributed by atoms with Crippen LogP contribution in [0.5, 0.6) is 5.75 Å². The maximum Gasteiger partial charge on any atom is 0.143 e. The van der Waals surface area contributed by atoms with Gasteiger partial charge in [-0.1, -0.05) is 12.1 Å². The van der Waals surface area contributed by atoms with Crippen LogP contribution in [0.25, 0.3) is 33.2 Å². The van der Waals surface area contributed by atoms with Crippen LogP contribution in [0.4, 0.5) is 0 Å². The zero-order valence-electron chi connectivity index (χ0n) is 18.8. The number of aromatic nitrogens is 2. The molecule has 5 rings (SSSR count). The molecule has 1 aliphatic rings. The molecule has 3 aromatic heterocycles. The van der Waals surface area contributed by atoms with Crippen molar-refractivity contribution in [3.05, 3.63) is 59.7 Å². The van der Waals surface area contributed by atoms with Crippen LogP contribution in [-0.4, -0.2) is 66.2 Å². The molecule has 0 spiro atoms. The number of likely N-dealkylation sites (N-methyl/N-ethyl adjacent to an activating group) is 1. The summed E-state index contributed by atoms with van der Waals surface area (Å²) < 4.78 is 8.13. The van der Waals surface area contributed by atoms with Gasteiger partial charge in [0.25, 0.3) is 0 Å². The second kappa shape index (κ2) is 9.45. The van der Waals surface area contributed by atoms with Crippen LogP contribution in [0.1, 0.15) is 6.42 Å². The number of pyridine rings is 1. The minimum atomic E-state index is 0.926. The Bertz CT molecular complexity index is 1180. The predicted molar refractivity (Wildman–Crippen MR) is 134 cm³/mol. The van der Waals surface area contributed by atoms with E-state index in [4.69, 9.17) is 4.74 Å². The third-order valence-electron chi connectivity index (χ3n) is 6.45. The third-order valence-corrected chi connectivity index (χ3v) is 7.14. The summed E-state index contributed by atoms with van der Waals surface area (Å²) in [6.45, 7) is 6.76. The molecule has 4 aromatic rings. The number of para-hydroxylation sites is 1. The van der Waals surface area contributed by atoms with E-state index >= 15 is 0 Å². The first-order valence-corrected chi connectivity index (χ1v) is 12.2. The quantitative estimate of drug-likeness (QED) is 0.397. The molecule has 0 N–H and O–H groups in total. The highest BCUT2D eigenvalue weighted by atomic mass is 32.1. The van der Waals surface area contributed by atoms with E-state index in [2.05, 4.69) is 73.7 Å². The maximum absolute atomic E-state index is 5.76. The smallest absolute Gasteiger partial charge is 0.143 e. The van der Waals surface area contributed by atoms with E-state index in [0.717, 1.165) is 49.5 Å². The first kappa shape index (κ1) is 21.2. The van der Waals surface area contributed by atoms with Gasteiger partial charge in [0, 0.05) is 73.4 Å². The summed E-state index contributed by atoms with van der Waals surface area (Å²) in [5, 5.41) is 5.50. The van der Waals surface area contributed by atoms with E-state index in [1.807, 2.05) is 12.4 Å². The largest absolute Gasteiger partial charge is 0.495 e. The molecule has 1 saturated heterocycles. The Morgan fingerprint density at radius 3 is 2.62 bits per heavy atom. The summed E-state index contributed by atoms with van der Waals surface area (Å²) in [4.78, 5) is 9.55. The average molecular weight is 447 g/mol. The van der Waals surface area contributed by atoms with Crippen LogP contribution in [0.2, 0.25) is 0 Å². The van der Waals surface area contributed by atoms with Crippen molar-refractivity contribution in [2.45, 2.75) is 13.0 Å². The summed E-state index contributed by atoms with van der Waals surface area (Å²) in [7, 11) is 3.97. The van der Waals surface area contributed by atoms with Crippen LogP contribution in [0, 0.1) is 0 Å². The highest BCUT2D eigenvalue weighted by Crippen LogP contribution is 2.37. The standard InChI is InChI=1S/C26H30N4OS/c1-28-10-12-29(13-11-28)8-4-9-30-18-24(23-5-3-6-25(31-2)26(23)30)22-15-21(16-27-17-22)20-7-14-32-19-20/h3,5-7,14-19H,4,8-13H2,1-2H3. The molecule has 166 valence electrons. The van der Waals surface area contributed by atoms with Gasteiger partial charge in [-0.15, -0.1) is 0 Å². The second-order valence-corrected chi connectivity index (χ2v) is 9.35. The van der Waals surface area contributed by atoms with Crippen LogP contribution in [0.15, 0.2) is 59.7 Å². The molecule has 6 heteroatoms. The summed E-state index contributed by atoms with van der Waals surface area (Å²) in [5.74, 6) is 0.926. The number of hydrogen-bond acceptors (Lipinski definition) is 5. The van der Waals surface area contributed by atoms with Gasteiger partial charge in [0.05, 0.1) is 12.6 Å². The average Bonchev–Trinajstić information content (AvgIpc) is 3.49. The summed E-state index contributed by atoms with van der Waals surface area (Å²) in [6, 6.07) is 10.7. The SMILES string of the molecule is COc1cccc2c(-c3cncc(-c4ccsc4)c3)cn(CCCN3CCN(C)CC3)c12. The lowest BCUT2D eigenvalue weighted by molar-refractivity contribution is 0.151. The van der Waals surface area contributed by atoms with E-state index in [-0.39, 0.29) is 0 Å². The van der Waals surface area contributed by atoms with E-state index < -0.39 is 0 Å². The number of aryl methyl sites for hydroxylation is 1. The van der Waals surface area contributed by atoms with Gasteiger partial charge in [-0.05, 0) is 54.5 Å². The Balaban J connectivity index is 1.45. The lowest BCUT2D eigenvalue weighted by atomic mass is 10.0. The number of fused-ring (bicyclic) bond motifs is 1. The number of hydrogen-bond donors (Lipinski definition) is 0. The first-order valence-electron chi connectivity index (χ1n) is 11.3. The molecule has 0 atom stereocenters. The lowest BCUT2D eigenvalue weighted by Crippen LogP contribution is -2.44. The minimum absolute atomic E-state index is 0.926. The van der Waals surface area contributed by atoms with Gasteiger partial charge in [0.2, 0.25) is 0 Å². The molecule has 1 aromatic carbocycles. The molecule has 1 fully saturated rings. The zero-order valence-corrected chi connectivity index (χ0v) is 19.6. The van der Waals surface area contributed by atoms with Crippen molar-refractivity contribution >= 4 is 22.2 Å². The number of benzene rings is 1. The lowest BCUT2D eigenvalue weighted by Gasteiger charge is -2.32. The molecule has 0 amide bonds. The molecular formula is C26H30N4OS. The third kappa shape index (κ3) is 4.31. The van der Waals surface area contributed by atoms with Crippen LogP contribution < -0.4 is 4.74 Å². The maximum atomic E-state index is 5.76. The van der Waals surface area contributed by atoms with Crippen molar-refractivity contribution in [2.75, 3.05) is 46.9 Å². The molecule has 0 aliphatic carbocycles. The fourth-order valence-corrected chi connectivity index (χ4v) is 5.27. The Morgan fingerprint density at radius 1 is 1.00 bits per heavy atom. The number of ether oxygens (including phenoxy) is 1. The topological polar surface area (TPSA) is 33.5 Å². The Labute approximate surface area is 193 Å². The number of piperazine rings is 1. The number of rotatable bonds is 7. The molecule has 4 heterocycles. The predicted octanol–water partition coefficient (Wildman–Crippen LogP) is 5.08. The highest BCUT2D eigenvalue weighted by molar-refractivity contribution is 7.08. The molecule has 0 unspecified atom stereocenters. The van der Waals surface area contributed by atoms with Crippen molar-refractivity contribution in [1.82, 2.24) is 19.4 Å². The van der Waals surface area contributed by atoms with Crippen molar-refractivity contribution < 1.29 is 4.74 Å². The monoisotopic (exact) mass is 446 g/mol. The van der Waals surface area contributed by atoms with Gasteiger partial charge in [0.1, 0.15) is 5.75 Å². The molecule has 1 aliphatic heterocycles. The number of nitrogens with zero attached hydrogens (tertiary/aromatic N) is 4. The zero-order chi connectivity index (χ0) is 21.9. The normalized spacial score (nSPS) is 15.4. The fraction of sp³-hybridized carbons (Fsp3) is 0.346. The van der Waals surface area contributed by atoms with Crippen LogP contribution >= 0.6 is 11.3 Å². The Morgan fingerprint density at radius 2 is 1.84 bits per heavy atom. The van der Waals surface area contributed by atoms with Crippen molar-refractivity contribution in [1.29, 1.82) is 0 Å². The van der Waals surface area contributed by atoms with Crippen molar-refractivity contribution in [2.24, 2.45) is 0 Å². The molecule has 32 heavy (non-hydrogen) atoms. The summed E-state index contributed by atoms with van der Waals surface area (Å²) in [5.41, 5.74) is 5.90. The molecule has 0 saturated carbocycles. The van der Waals surface area contributed by atoms with Gasteiger partial charge >= 0.3 is 0 Å².